The number of aryl methyl sites for hydroxylation is 1. The Morgan fingerprint density at radius 2 is 2.28 bits per heavy atom. The molecule has 2 N–H and O–H groups in total. The number of ether oxygens (including phenoxy) is 1. The molecule has 3 nitrogen and oxygen atoms in total. The van der Waals surface area contributed by atoms with E-state index in [1.54, 1.807) is 11.3 Å². The lowest BCUT2D eigenvalue weighted by atomic mass is 10.1. The van der Waals surface area contributed by atoms with Gasteiger partial charge in [0.25, 0.3) is 0 Å². The molecule has 0 spiro atoms. The van der Waals surface area contributed by atoms with Gasteiger partial charge in [-0.2, -0.15) is 0 Å². The van der Waals surface area contributed by atoms with Crippen molar-refractivity contribution in [1.29, 1.82) is 0 Å². The average molecular weight is 283 g/mol. The van der Waals surface area contributed by atoms with Crippen molar-refractivity contribution < 1.29 is 4.74 Å². The molecule has 0 fully saturated rings. The Kier molecular flexibility index (Phi) is 4.22. The molecule has 1 aromatic carbocycles. The van der Waals surface area contributed by atoms with Crippen LogP contribution in [0.2, 0.25) is 5.02 Å². The van der Waals surface area contributed by atoms with Crippen molar-refractivity contribution in [2.45, 2.75) is 26.5 Å². The second kappa shape index (κ2) is 5.69. The van der Waals surface area contributed by atoms with Crippen LogP contribution in [-0.4, -0.2) is 4.98 Å². The predicted octanol–water partition coefficient (Wildman–Crippen LogP) is 3.70. The Morgan fingerprint density at radius 3 is 2.83 bits per heavy atom. The molecule has 2 aromatic rings. The summed E-state index contributed by atoms with van der Waals surface area (Å²) in [5.41, 5.74) is 7.80. The molecule has 18 heavy (non-hydrogen) atoms. The van der Waals surface area contributed by atoms with Crippen LogP contribution >= 0.6 is 22.9 Å². The molecule has 0 bridgehead atoms. The first-order chi connectivity index (χ1) is 8.56. The third-order valence-corrected chi connectivity index (χ3v) is 3.73. The number of hydrogen-bond donors (Lipinski definition) is 1. The second-order valence-corrected chi connectivity index (χ2v) is 5.50. The summed E-state index contributed by atoms with van der Waals surface area (Å²) in [6, 6.07) is 5.59. The van der Waals surface area contributed by atoms with Gasteiger partial charge in [0.2, 0.25) is 0 Å². The van der Waals surface area contributed by atoms with E-state index in [0.717, 1.165) is 16.3 Å². The van der Waals surface area contributed by atoms with Crippen LogP contribution in [0.4, 0.5) is 0 Å². The van der Waals surface area contributed by atoms with Gasteiger partial charge in [0, 0.05) is 17.1 Å². The molecule has 5 heteroatoms. The predicted molar refractivity (Wildman–Crippen MR) is 75.2 cm³/mol. The summed E-state index contributed by atoms with van der Waals surface area (Å²) in [5, 5.41) is 3.53. The minimum absolute atomic E-state index is 0.0295. The first-order valence-corrected chi connectivity index (χ1v) is 6.91. The largest absolute Gasteiger partial charge is 0.485 e. The Hall–Kier alpha value is -1.10. The van der Waals surface area contributed by atoms with Gasteiger partial charge >= 0.3 is 0 Å². The maximum atomic E-state index is 6.15. The van der Waals surface area contributed by atoms with E-state index in [0.29, 0.717) is 17.4 Å². The molecule has 1 atom stereocenters. The number of nitrogens with two attached hydrogens (primary N) is 1. The van der Waals surface area contributed by atoms with Crippen LogP contribution in [0.15, 0.2) is 23.6 Å². The van der Waals surface area contributed by atoms with Crippen LogP contribution in [0, 0.1) is 6.92 Å². The quantitative estimate of drug-likeness (QED) is 0.930. The lowest BCUT2D eigenvalue weighted by molar-refractivity contribution is 0.305. The molecule has 0 aliphatic carbocycles. The van der Waals surface area contributed by atoms with Crippen LogP contribution in [0.25, 0.3) is 0 Å². The zero-order valence-corrected chi connectivity index (χ0v) is 11.9. The number of hydrogen-bond acceptors (Lipinski definition) is 4. The third-order valence-electron chi connectivity index (χ3n) is 2.50. The highest BCUT2D eigenvalue weighted by molar-refractivity contribution is 7.09. The standard InChI is InChI=1S/C13H15ClN2OS/c1-8-7-18-13(16-8)6-17-12-4-3-10(9(2)15)5-11(12)14/h3-5,7,9H,6,15H2,1-2H3/t9-/m0/s1. The first-order valence-electron chi connectivity index (χ1n) is 5.65. The van der Waals surface area contributed by atoms with Crippen LogP contribution in [0.3, 0.4) is 0 Å². The molecular formula is C13H15ClN2OS. The van der Waals surface area contributed by atoms with Crippen LogP contribution < -0.4 is 10.5 Å². The molecule has 0 saturated carbocycles. The molecule has 0 radical (unpaired) electrons. The van der Waals surface area contributed by atoms with Crippen LogP contribution in [0.1, 0.15) is 29.2 Å². The molecule has 0 unspecified atom stereocenters. The summed E-state index contributed by atoms with van der Waals surface area (Å²) >= 11 is 7.73. The van der Waals surface area contributed by atoms with E-state index in [9.17, 15) is 0 Å². The van der Waals surface area contributed by atoms with Gasteiger partial charge in [-0.15, -0.1) is 11.3 Å². The van der Waals surface area contributed by atoms with E-state index >= 15 is 0 Å². The number of thiazole rings is 1. The third kappa shape index (κ3) is 3.22. The van der Waals surface area contributed by atoms with Crippen molar-refractivity contribution in [3.05, 3.63) is 44.9 Å². The summed E-state index contributed by atoms with van der Waals surface area (Å²) in [6.07, 6.45) is 0. The van der Waals surface area contributed by atoms with Crippen molar-refractivity contribution in [3.63, 3.8) is 0 Å². The first kappa shape index (κ1) is 13.3. The highest BCUT2D eigenvalue weighted by Gasteiger charge is 2.07. The summed E-state index contributed by atoms with van der Waals surface area (Å²) in [7, 11) is 0. The number of aromatic nitrogens is 1. The van der Waals surface area contributed by atoms with Gasteiger partial charge in [-0.1, -0.05) is 17.7 Å². The molecule has 1 aromatic heterocycles. The van der Waals surface area contributed by atoms with Gasteiger partial charge in [-0.05, 0) is 31.5 Å². The van der Waals surface area contributed by atoms with Crippen molar-refractivity contribution >= 4 is 22.9 Å². The summed E-state index contributed by atoms with van der Waals surface area (Å²) < 4.78 is 5.65. The van der Waals surface area contributed by atoms with Gasteiger partial charge in [0.1, 0.15) is 17.4 Å². The smallest absolute Gasteiger partial charge is 0.140 e. The Morgan fingerprint density at radius 1 is 1.50 bits per heavy atom. The summed E-state index contributed by atoms with van der Waals surface area (Å²) in [4.78, 5) is 4.33. The van der Waals surface area contributed by atoms with Gasteiger partial charge in [0.15, 0.2) is 0 Å². The van der Waals surface area contributed by atoms with Gasteiger partial charge in [-0.3, -0.25) is 0 Å². The minimum atomic E-state index is -0.0295. The topological polar surface area (TPSA) is 48.1 Å². The molecular weight excluding hydrogens is 268 g/mol. The zero-order valence-electron chi connectivity index (χ0n) is 10.3. The highest BCUT2D eigenvalue weighted by Crippen LogP contribution is 2.28. The van der Waals surface area contributed by atoms with Crippen LogP contribution in [-0.2, 0) is 6.61 Å². The number of nitrogens with zero attached hydrogens (tertiary/aromatic N) is 1. The normalized spacial score (nSPS) is 12.4. The molecule has 96 valence electrons. The lowest BCUT2D eigenvalue weighted by Gasteiger charge is -2.10. The lowest BCUT2D eigenvalue weighted by Crippen LogP contribution is -2.05. The molecule has 0 saturated heterocycles. The fourth-order valence-corrected chi connectivity index (χ4v) is 2.45. The average Bonchev–Trinajstić information content (AvgIpc) is 2.73. The molecule has 0 aliphatic heterocycles. The summed E-state index contributed by atoms with van der Waals surface area (Å²) in [6.45, 7) is 4.32. The van der Waals surface area contributed by atoms with Crippen molar-refractivity contribution in [2.24, 2.45) is 5.73 Å². The number of rotatable bonds is 4. The van der Waals surface area contributed by atoms with E-state index < -0.39 is 0 Å². The fraction of sp³-hybridized carbons (Fsp3) is 0.308. The van der Waals surface area contributed by atoms with Crippen LogP contribution in [0.5, 0.6) is 5.75 Å². The van der Waals surface area contributed by atoms with Crippen molar-refractivity contribution in [3.8, 4) is 5.75 Å². The number of halogens is 1. The minimum Gasteiger partial charge on any atom is -0.485 e. The van der Waals surface area contributed by atoms with Crippen molar-refractivity contribution in [2.75, 3.05) is 0 Å². The fourth-order valence-electron chi connectivity index (χ4n) is 1.53. The van der Waals surface area contributed by atoms with E-state index in [-0.39, 0.29) is 6.04 Å². The van der Waals surface area contributed by atoms with E-state index in [1.807, 2.05) is 37.4 Å². The van der Waals surface area contributed by atoms with E-state index in [2.05, 4.69) is 4.98 Å². The summed E-state index contributed by atoms with van der Waals surface area (Å²) in [5.74, 6) is 0.661. The Bertz CT molecular complexity index is 540. The SMILES string of the molecule is Cc1csc(COc2ccc([C@H](C)N)cc2Cl)n1. The highest BCUT2D eigenvalue weighted by atomic mass is 35.5. The monoisotopic (exact) mass is 282 g/mol. The maximum Gasteiger partial charge on any atom is 0.140 e. The molecule has 1 heterocycles. The Labute approximate surface area is 116 Å². The molecule has 0 aliphatic rings. The molecule has 2 rings (SSSR count). The Balaban J connectivity index is 2.05. The second-order valence-electron chi connectivity index (χ2n) is 4.15. The van der Waals surface area contributed by atoms with Gasteiger partial charge < -0.3 is 10.5 Å². The van der Waals surface area contributed by atoms with E-state index in [1.165, 1.54) is 0 Å². The van der Waals surface area contributed by atoms with Crippen molar-refractivity contribution in [1.82, 2.24) is 4.98 Å². The van der Waals surface area contributed by atoms with Gasteiger partial charge in [-0.25, -0.2) is 4.98 Å². The van der Waals surface area contributed by atoms with E-state index in [4.69, 9.17) is 22.1 Å². The van der Waals surface area contributed by atoms with Gasteiger partial charge in [0.05, 0.1) is 5.02 Å². The zero-order chi connectivity index (χ0) is 13.1. The maximum absolute atomic E-state index is 6.15. The molecule has 0 amide bonds. The number of benzene rings is 1.